The maximum Gasteiger partial charge on any atom is 0.229 e. The van der Waals surface area contributed by atoms with E-state index in [1.165, 1.54) is 11.3 Å². The highest BCUT2D eigenvalue weighted by atomic mass is 32.1. The van der Waals surface area contributed by atoms with Crippen LogP contribution >= 0.6 is 11.3 Å². The van der Waals surface area contributed by atoms with Gasteiger partial charge in [0.05, 0.1) is 0 Å². The molecule has 1 aromatic rings. The normalized spacial score (nSPS) is 8.70. The number of hydrogen-bond acceptors (Lipinski definition) is 5. The lowest BCUT2D eigenvalue weighted by molar-refractivity contribution is 0.233. The minimum Gasteiger partial charge on any atom is -0.261 e. The van der Waals surface area contributed by atoms with Crippen molar-refractivity contribution in [1.29, 1.82) is 0 Å². The van der Waals surface area contributed by atoms with Crippen LogP contribution in [0.3, 0.4) is 0 Å². The molecule has 0 aliphatic carbocycles. The van der Waals surface area contributed by atoms with Crippen molar-refractivity contribution in [1.82, 2.24) is 10.2 Å². The van der Waals surface area contributed by atoms with Crippen LogP contribution in [0.2, 0.25) is 0 Å². The molecule has 0 radical (unpaired) electrons. The molecule has 5 heteroatoms. The summed E-state index contributed by atoms with van der Waals surface area (Å²) in [5, 5.41) is 7.83. The van der Waals surface area contributed by atoms with Crippen LogP contribution in [-0.4, -0.2) is 16.8 Å². The topological polar surface area (TPSA) is 47.0 Å². The fourth-order valence-corrected chi connectivity index (χ4v) is 0.752. The fourth-order valence-electron chi connectivity index (χ4n) is 0.357. The summed E-state index contributed by atoms with van der Waals surface area (Å²) in [5.74, 6) is 2.30. The Morgan fingerprint density at radius 1 is 1.90 bits per heavy atom. The van der Waals surface area contributed by atoms with E-state index in [9.17, 15) is 0 Å². The van der Waals surface area contributed by atoms with Crippen LogP contribution in [0.15, 0.2) is 5.51 Å². The van der Waals surface area contributed by atoms with E-state index in [0.717, 1.165) is 0 Å². The van der Waals surface area contributed by atoms with E-state index >= 15 is 0 Å². The second-order valence-electron chi connectivity index (χ2n) is 1.34. The Morgan fingerprint density at radius 2 is 2.80 bits per heavy atom. The van der Waals surface area contributed by atoms with Gasteiger partial charge in [-0.2, -0.15) is 0 Å². The molecular formula is C5H5N3OS. The standard InChI is InChI=1S/C5H5N3OS/c1-2-3-9-8-5-7-6-4-10-5/h1,4H,3H2,(H,7,8). The molecule has 4 nitrogen and oxygen atoms in total. The molecule has 0 saturated carbocycles. The lowest BCUT2D eigenvalue weighted by Crippen LogP contribution is -2.00. The van der Waals surface area contributed by atoms with Crippen LogP contribution in [0.4, 0.5) is 5.13 Å². The lowest BCUT2D eigenvalue weighted by atomic mass is 10.8. The summed E-state index contributed by atoms with van der Waals surface area (Å²) >= 11 is 1.35. The van der Waals surface area contributed by atoms with Gasteiger partial charge in [-0.25, -0.2) is 5.48 Å². The van der Waals surface area contributed by atoms with Crippen molar-refractivity contribution >= 4 is 16.5 Å². The van der Waals surface area contributed by atoms with E-state index in [2.05, 4.69) is 21.6 Å². The molecule has 1 N–H and O–H groups in total. The SMILES string of the molecule is C#CCONc1nncs1. The summed E-state index contributed by atoms with van der Waals surface area (Å²) in [5.41, 5.74) is 4.13. The van der Waals surface area contributed by atoms with E-state index < -0.39 is 0 Å². The van der Waals surface area contributed by atoms with Crippen LogP contribution in [-0.2, 0) is 4.84 Å². The van der Waals surface area contributed by atoms with Crippen molar-refractivity contribution in [2.24, 2.45) is 0 Å². The molecule has 52 valence electrons. The van der Waals surface area contributed by atoms with Gasteiger partial charge in [0.15, 0.2) is 0 Å². The summed E-state index contributed by atoms with van der Waals surface area (Å²) in [6, 6.07) is 0. The van der Waals surface area contributed by atoms with E-state index in [1.54, 1.807) is 5.51 Å². The molecule has 1 heterocycles. The van der Waals surface area contributed by atoms with E-state index in [1.807, 2.05) is 0 Å². The largest absolute Gasteiger partial charge is 0.261 e. The Morgan fingerprint density at radius 3 is 3.40 bits per heavy atom. The molecule has 0 spiro atoms. The van der Waals surface area contributed by atoms with Crippen molar-refractivity contribution < 1.29 is 4.84 Å². The van der Waals surface area contributed by atoms with Gasteiger partial charge in [0.2, 0.25) is 5.13 Å². The van der Waals surface area contributed by atoms with Gasteiger partial charge >= 0.3 is 0 Å². The van der Waals surface area contributed by atoms with Crippen molar-refractivity contribution in [3.63, 3.8) is 0 Å². The van der Waals surface area contributed by atoms with Gasteiger partial charge in [0.1, 0.15) is 12.1 Å². The fraction of sp³-hybridized carbons (Fsp3) is 0.200. The Bertz CT molecular complexity index is 215. The third kappa shape index (κ3) is 2.01. The number of nitrogens with one attached hydrogen (secondary N) is 1. The number of rotatable bonds is 3. The van der Waals surface area contributed by atoms with Gasteiger partial charge in [0, 0.05) is 0 Å². The quantitative estimate of drug-likeness (QED) is 0.392. The monoisotopic (exact) mass is 155 g/mol. The van der Waals surface area contributed by atoms with Crippen LogP contribution in [0.25, 0.3) is 0 Å². The van der Waals surface area contributed by atoms with Crippen molar-refractivity contribution in [2.45, 2.75) is 0 Å². The second kappa shape index (κ2) is 3.82. The minimum absolute atomic E-state index is 0.222. The van der Waals surface area contributed by atoms with Crippen LogP contribution < -0.4 is 5.48 Å². The first-order chi connectivity index (χ1) is 4.93. The number of hydrogen-bond donors (Lipinski definition) is 1. The molecule has 0 aliphatic rings. The van der Waals surface area contributed by atoms with Crippen LogP contribution in [0.5, 0.6) is 0 Å². The van der Waals surface area contributed by atoms with Crippen molar-refractivity contribution in [3.8, 4) is 12.3 Å². The number of anilines is 1. The maximum atomic E-state index is 4.92. The highest BCUT2D eigenvalue weighted by molar-refractivity contribution is 7.13. The molecule has 0 fully saturated rings. The summed E-state index contributed by atoms with van der Waals surface area (Å²) < 4.78 is 0. The average molecular weight is 155 g/mol. The molecule has 10 heavy (non-hydrogen) atoms. The first-order valence-electron chi connectivity index (χ1n) is 2.51. The average Bonchev–Trinajstić information content (AvgIpc) is 2.41. The molecule has 0 saturated heterocycles. The highest BCUT2D eigenvalue weighted by Crippen LogP contribution is 2.06. The van der Waals surface area contributed by atoms with Gasteiger partial charge < -0.3 is 0 Å². The summed E-state index contributed by atoms with van der Waals surface area (Å²) in [7, 11) is 0. The van der Waals surface area contributed by atoms with Crippen LogP contribution in [0.1, 0.15) is 0 Å². The van der Waals surface area contributed by atoms with Gasteiger partial charge in [-0.1, -0.05) is 17.3 Å². The predicted octanol–water partition coefficient (Wildman–Crippen LogP) is 0.515. The highest BCUT2D eigenvalue weighted by Gasteiger charge is 1.91. The Balaban J connectivity index is 2.23. The Labute approximate surface area is 62.2 Å². The molecule has 0 atom stereocenters. The predicted molar refractivity (Wildman–Crippen MR) is 38.3 cm³/mol. The molecular weight excluding hydrogens is 150 g/mol. The summed E-state index contributed by atoms with van der Waals surface area (Å²) in [4.78, 5) is 4.75. The van der Waals surface area contributed by atoms with Gasteiger partial charge in [-0.15, -0.1) is 16.6 Å². The zero-order valence-electron chi connectivity index (χ0n) is 5.07. The van der Waals surface area contributed by atoms with E-state index in [4.69, 9.17) is 11.3 Å². The minimum atomic E-state index is 0.222. The van der Waals surface area contributed by atoms with Gasteiger partial charge in [0.25, 0.3) is 0 Å². The molecule has 0 amide bonds. The first kappa shape index (κ1) is 6.99. The third-order valence-electron chi connectivity index (χ3n) is 0.675. The van der Waals surface area contributed by atoms with Crippen molar-refractivity contribution in [2.75, 3.05) is 12.1 Å². The number of terminal acetylenes is 1. The smallest absolute Gasteiger partial charge is 0.229 e. The van der Waals surface area contributed by atoms with Crippen molar-refractivity contribution in [3.05, 3.63) is 5.51 Å². The number of aromatic nitrogens is 2. The molecule has 0 unspecified atom stereocenters. The second-order valence-corrected chi connectivity index (χ2v) is 2.17. The zero-order valence-corrected chi connectivity index (χ0v) is 5.89. The summed E-state index contributed by atoms with van der Waals surface area (Å²) in [6.45, 7) is 0.222. The Hall–Kier alpha value is -1.12. The van der Waals surface area contributed by atoms with Gasteiger partial charge in [-0.05, 0) is 0 Å². The summed E-state index contributed by atoms with van der Waals surface area (Å²) in [6.07, 6.45) is 4.92. The molecule has 0 aromatic carbocycles. The molecule has 0 aliphatic heterocycles. The third-order valence-corrected chi connectivity index (χ3v) is 1.26. The van der Waals surface area contributed by atoms with Gasteiger partial charge in [-0.3, -0.25) is 4.84 Å². The maximum absolute atomic E-state index is 4.92. The lowest BCUT2D eigenvalue weighted by Gasteiger charge is -1.95. The molecule has 1 rings (SSSR count). The molecule has 1 aromatic heterocycles. The van der Waals surface area contributed by atoms with E-state index in [-0.39, 0.29) is 6.61 Å². The Kier molecular flexibility index (Phi) is 2.67. The van der Waals surface area contributed by atoms with Crippen LogP contribution in [0, 0.1) is 12.3 Å². The van der Waals surface area contributed by atoms with E-state index in [0.29, 0.717) is 5.13 Å². The molecule has 0 bridgehead atoms. The number of nitrogens with zero attached hydrogens (tertiary/aromatic N) is 2. The zero-order chi connectivity index (χ0) is 7.23. The first-order valence-corrected chi connectivity index (χ1v) is 3.39.